The van der Waals surface area contributed by atoms with Crippen molar-refractivity contribution in [1.82, 2.24) is 10.3 Å². The van der Waals surface area contributed by atoms with Crippen molar-refractivity contribution in [2.75, 3.05) is 24.5 Å². The van der Waals surface area contributed by atoms with Crippen molar-refractivity contribution >= 4 is 5.82 Å². The third kappa shape index (κ3) is 3.66. The van der Waals surface area contributed by atoms with E-state index in [-0.39, 0.29) is 0 Å². The fraction of sp³-hybridized carbons (Fsp3) is 0.462. The van der Waals surface area contributed by atoms with Crippen molar-refractivity contribution in [2.45, 2.75) is 20.4 Å². The lowest BCUT2D eigenvalue weighted by molar-refractivity contribution is 0.725. The highest BCUT2D eigenvalue weighted by Gasteiger charge is 2.04. The van der Waals surface area contributed by atoms with Crippen molar-refractivity contribution in [3.8, 4) is 0 Å². The zero-order valence-corrected chi connectivity index (χ0v) is 10.2. The van der Waals surface area contributed by atoms with Crippen molar-refractivity contribution < 1.29 is 0 Å². The lowest BCUT2D eigenvalue weighted by atomic mass is 10.2. The molecule has 0 atom stereocenters. The van der Waals surface area contributed by atoms with Crippen LogP contribution in [0.2, 0.25) is 0 Å². The second-order valence-corrected chi connectivity index (χ2v) is 3.63. The molecule has 0 saturated heterocycles. The van der Waals surface area contributed by atoms with Gasteiger partial charge in [0.05, 0.1) is 0 Å². The fourth-order valence-corrected chi connectivity index (χ4v) is 1.55. The third-order valence-corrected chi connectivity index (χ3v) is 2.44. The molecule has 0 fully saturated rings. The van der Waals surface area contributed by atoms with Gasteiger partial charge in [-0.25, -0.2) is 4.98 Å². The van der Waals surface area contributed by atoms with Crippen LogP contribution in [0.3, 0.4) is 0 Å². The third-order valence-electron chi connectivity index (χ3n) is 2.44. The average Bonchev–Trinajstić information content (AvgIpc) is 2.33. The summed E-state index contributed by atoms with van der Waals surface area (Å²) in [5, 5.41) is 3.31. The topological polar surface area (TPSA) is 28.2 Å². The number of hydrogen-bond acceptors (Lipinski definition) is 3. The summed E-state index contributed by atoms with van der Waals surface area (Å²) in [4.78, 5) is 6.58. The summed E-state index contributed by atoms with van der Waals surface area (Å²) < 4.78 is 0. The first kappa shape index (κ1) is 12.7. The maximum atomic E-state index is 4.39. The van der Waals surface area contributed by atoms with Crippen LogP contribution >= 0.6 is 0 Å². The summed E-state index contributed by atoms with van der Waals surface area (Å²) in [6, 6.07) is 4.18. The molecule has 0 spiro atoms. The van der Waals surface area contributed by atoms with Crippen molar-refractivity contribution in [1.29, 1.82) is 0 Å². The highest BCUT2D eigenvalue weighted by atomic mass is 15.2. The summed E-state index contributed by atoms with van der Waals surface area (Å²) >= 11 is 0. The van der Waals surface area contributed by atoms with E-state index in [4.69, 9.17) is 0 Å². The molecule has 1 N–H and O–H groups in total. The van der Waals surface area contributed by atoms with Gasteiger partial charge < -0.3 is 10.2 Å². The largest absolute Gasteiger partial charge is 0.353 e. The molecular formula is C13H21N3. The van der Waals surface area contributed by atoms with Crippen molar-refractivity contribution in [2.24, 2.45) is 0 Å². The Bertz CT molecular complexity index is 323. The van der Waals surface area contributed by atoms with Gasteiger partial charge in [0.1, 0.15) is 5.82 Å². The van der Waals surface area contributed by atoms with Gasteiger partial charge in [0, 0.05) is 25.8 Å². The predicted octanol–water partition coefficient (Wildman–Crippen LogP) is 2.20. The van der Waals surface area contributed by atoms with E-state index in [0.29, 0.717) is 0 Å². The van der Waals surface area contributed by atoms with E-state index in [1.165, 1.54) is 5.56 Å². The molecule has 16 heavy (non-hydrogen) atoms. The Hall–Kier alpha value is -1.35. The summed E-state index contributed by atoms with van der Waals surface area (Å²) in [6.07, 6.45) is 3.77. The number of pyridine rings is 1. The van der Waals surface area contributed by atoms with E-state index in [1.54, 1.807) is 0 Å². The number of nitrogens with zero attached hydrogens (tertiary/aromatic N) is 2. The minimum Gasteiger partial charge on any atom is -0.353 e. The SMILES string of the molecule is C=CCN(CC)c1cc(CNCC)ccn1. The molecule has 0 aromatic carbocycles. The maximum Gasteiger partial charge on any atom is 0.129 e. The van der Waals surface area contributed by atoms with E-state index in [2.05, 4.69) is 41.7 Å². The second-order valence-electron chi connectivity index (χ2n) is 3.63. The molecule has 0 bridgehead atoms. The molecule has 1 aromatic heterocycles. The molecule has 0 radical (unpaired) electrons. The van der Waals surface area contributed by atoms with Gasteiger partial charge in [0.15, 0.2) is 0 Å². The van der Waals surface area contributed by atoms with E-state index in [0.717, 1.165) is 32.0 Å². The van der Waals surface area contributed by atoms with Gasteiger partial charge in [-0.1, -0.05) is 13.0 Å². The van der Waals surface area contributed by atoms with Crippen LogP contribution in [0, 0.1) is 0 Å². The fourth-order valence-electron chi connectivity index (χ4n) is 1.55. The Balaban J connectivity index is 2.74. The minimum atomic E-state index is 0.841. The van der Waals surface area contributed by atoms with Crippen LogP contribution in [0.1, 0.15) is 19.4 Å². The second kappa shape index (κ2) is 7.01. The first-order chi connectivity index (χ1) is 7.81. The number of rotatable bonds is 7. The van der Waals surface area contributed by atoms with E-state index >= 15 is 0 Å². The zero-order valence-electron chi connectivity index (χ0n) is 10.2. The number of likely N-dealkylation sites (N-methyl/N-ethyl adjacent to an activating group) is 1. The highest BCUT2D eigenvalue weighted by Crippen LogP contribution is 2.12. The van der Waals surface area contributed by atoms with Crippen molar-refractivity contribution in [3.05, 3.63) is 36.5 Å². The molecule has 1 heterocycles. The molecule has 0 unspecified atom stereocenters. The minimum absolute atomic E-state index is 0.841. The zero-order chi connectivity index (χ0) is 11.8. The highest BCUT2D eigenvalue weighted by molar-refractivity contribution is 5.41. The van der Waals surface area contributed by atoms with Gasteiger partial charge in [0.2, 0.25) is 0 Å². The molecule has 88 valence electrons. The Morgan fingerprint density at radius 3 is 2.94 bits per heavy atom. The first-order valence-corrected chi connectivity index (χ1v) is 5.83. The quantitative estimate of drug-likeness (QED) is 0.713. The number of nitrogens with one attached hydrogen (secondary N) is 1. The van der Waals surface area contributed by atoms with Crippen LogP contribution in [0.15, 0.2) is 31.0 Å². The Labute approximate surface area is 98.2 Å². The number of anilines is 1. The summed E-state index contributed by atoms with van der Waals surface area (Å²) in [5.74, 6) is 1.03. The monoisotopic (exact) mass is 219 g/mol. The van der Waals surface area contributed by atoms with Gasteiger partial charge in [-0.3, -0.25) is 0 Å². The van der Waals surface area contributed by atoms with Crippen LogP contribution in [0.4, 0.5) is 5.82 Å². The molecule has 1 aromatic rings. The average molecular weight is 219 g/mol. The van der Waals surface area contributed by atoms with Crippen LogP contribution in [0.5, 0.6) is 0 Å². The Morgan fingerprint density at radius 1 is 1.50 bits per heavy atom. The summed E-state index contributed by atoms with van der Waals surface area (Å²) in [5.41, 5.74) is 1.27. The molecule has 0 aliphatic rings. The molecule has 0 saturated carbocycles. The van der Waals surface area contributed by atoms with Gasteiger partial charge in [-0.2, -0.15) is 0 Å². The molecular weight excluding hydrogens is 198 g/mol. The van der Waals surface area contributed by atoms with Crippen LogP contribution in [-0.4, -0.2) is 24.6 Å². The standard InChI is InChI=1S/C13H21N3/c1-4-9-16(6-3)13-10-12(7-8-15-13)11-14-5-2/h4,7-8,10,14H,1,5-6,9,11H2,2-3H3. The lowest BCUT2D eigenvalue weighted by Gasteiger charge is -2.20. The predicted molar refractivity (Wildman–Crippen MR) is 69.7 cm³/mol. The summed E-state index contributed by atoms with van der Waals surface area (Å²) in [6.45, 7) is 11.7. The lowest BCUT2D eigenvalue weighted by Crippen LogP contribution is -2.23. The number of aromatic nitrogens is 1. The van der Waals surface area contributed by atoms with E-state index in [1.807, 2.05) is 18.3 Å². The summed E-state index contributed by atoms with van der Waals surface area (Å²) in [7, 11) is 0. The molecule has 3 heteroatoms. The van der Waals surface area contributed by atoms with Gasteiger partial charge >= 0.3 is 0 Å². The molecule has 3 nitrogen and oxygen atoms in total. The Kier molecular flexibility index (Phi) is 5.57. The molecule has 0 aliphatic heterocycles. The smallest absolute Gasteiger partial charge is 0.129 e. The molecule has 0 aliphatic carbocycles. The molecule has 0 amide bonds. The van der Waals surface area contributed by atoms with Gasteiger partial charge in [-0.05, 0) is 31.2 Å². The van der Waals surface area contributed by atoms with Crippen LogP contribution in [0.25, 0.3) is 0 Å². The Morgan fingerprint density at radius 2 is 2.31 bits per heavy atom. The van der Waals surface area contributed by atoms with Crippen LogP contribution < -0.4 is 10.2 Å². The van der Waals surface area contributed by atoms with Crippen LogP contribution in [-0.2, 0) is 6.54 Å². The van der Waals surface area contributed by atoms with E-state index in [9.17, 15) is 0 Å². The normalized spacial score (nSPS) is 10.1. The van der Waals surface area contributed by atoms with E-state index < -0.39 is 0 Å². The first-order valence-electron chi connectivity index (χ1n) is 5.83. The maximum absolute atomic E-state index is 4.39. The van der Waals surface area contributed by atoms with Gasteiger partial charge in [0.25, 0.3) is 0 Å². The molecule has 1 rings (SSSR count). The number of hydrogen-bond donors (Lipinski definition) is 1. The van der Waals surface area contributed by atoms with Gasteiger partial charge in [-0.15, -0.1) is 6.58 Å². The van der Waals surface area contributed by atoms with Crippen molar-refractivity contribution in [3.63, 3.8) is 0 Å².